The third-order valence-electron chi connectivity index (χ3n) is 3.57. The maximum Gasteiger partial charge on any atom is 1.00 e. The van der Waals surface area contributed by atoms with Crippen LogP contribution in [-0.2, 0) is 24.3 Å². The van der Waals surface area contributed by atoms with E-state index in [1.165, 1.54) is 6.82 Å². The molecule has 0 aromatic heterocycles. The molecule has 2 atom stereocenters. The van der Waals surface area contributed by atoms with Gasteiger partial charge in [-0.2, -0.15) is 9.35 Å². The Hall–Kier alpha value is -0.935. The van der Waals surface area contributed by atoms with Gasteiger partial charge in [-0.25, -0.2) is 13.2 Å². The van der Waals surface area contributed by atoms with Crippen molar-refractivity contribution in [3.63, 3.8) is 0 Å². The van der Waals surface area contributed by atoms with Crippen LogP contribution in [0.5, 0.6) is 0 Å². The van der Waals surface area contributed by atoms with E-state index in [0.29, 0.717) is 5.06 Å². The molecule has 26 heavy (non-hydrogen) atoms. The fourth-order valence-electron chi connectivity index (χ4n) is 2.52. The van der Waals surface area contributed by atoms with Crippen molar-refractivity contribution in [1.82, 2.24) is 15.2 Å². The number of hydrogen-bond donors (Lipinski definition) is 3. The average Bonchev–Trinajstić information content (AvgIpc) is 2.73. The van der Waals surface area contributed by atoms with Crippen LogP contribution < -0.4 is 40.5 Å². The molecular formula is C10H17BN5NaO8S. The van der Waals surface area contributed by atoms with Crippen LogP contribution in [0.25, 0.3) is 0 Å². The fraction of sp³-hybridized carbons (Fsp3) is 0.700. The van der Waals surface area contributed by atoms with Crippen LogP contribution in [0.2, 0.25) is 6.82 Å². The number of nitrogens with zero attached hydrogens (tertiary/aromatic N) is 3. The third-order valence-corrected chi connectivity index (χ3v) is 3.91. The van der Waals surface area contributed by atoms with Crippen molar-refractivity contribution in [2.45, 2.75) is 25.3 Å². The minimum Gasteiger partial charge on any atom is -0.724 e. The fourth-order valence-corrected chi connectivity index (χ4v) is 2.88. The van der Waals surface area contributed by atoms with Gasteiger partial charge in [0.05, 0.1) is 12.3 Å². The number of carbonyl (C=O) groups is 2. The summed E-state index contributed by atoms with van der Waals surface area (Å²) in [6.45, 7) is 1.71. The summed E-state index contributed by atoms with van der Waals surface area (Å²) >= 11 is 0. The van der Waals surface area contributed by atoms with Crippen molar-refractivity contribution in [3.05, 3.63) is 0 Å². The molecule has 4 N–H and O–H groups in total. The first-order valence-electron chi connectivity index (χ1n) is 7.25. The minimum absolute atomic E-state index is 0. The Morgan fingerprint density at radius 1 is 1.58 bits per heavy atom. The number of piperidine rings is 1. The summed E-state index contributed by atoms with van der Waals surface area (Å²) in [5, 5.41) is 15.9. The number of amides is 3. The normalized spacial score (nSPS) is 23.8. The summed E-state index contributed by atoms with van der Waals surface area (Å²) in [5.41, 5.74) is 5.38. The van der Waals surface area contributed by atoms with Crippen LogP contribution in [0.1, 0.15) is 6.42 Å². The number of fused-ring (bicyclic) bond motifs is 2. The van der Waals surface area contributed by atoms with Crippen LogP contribution in [0.4, 0.5) is 4.79 Å². The summed E-state index contributed by atoms with van der Waals surface area (Å²) in [5.74, 6) is -0.817. The largest absolute Gasteiger partial charge is 1.00 e. The van der Waals surface area contributed by atoms with Gasteiger partial charge in [0.25, 0.3) is 0 Å². The molecule has 2 saturated heterocycles. The van der Waals surface area contributed by atoms with Gasteiger partial charge in [-0.3, -0.25) is 4.79 Å². The number of nitrogens with two attached hydrogens (primary N) is 1. The Labute approximate surface area is 172 Å². The van der Waals surface area contributed by atoms with E-state index in [2.05, 4.69) is 14.7 Å². The number of urea groups is 1. The number of rotatable bonds is 8. The second kappa shape index (κ2) is 9.32. The molecular weight excluding hydrogens is 384 g/mol. The topological polar surface area (TPSA) is 187 Å². The summed E-state index contributed by atoms with van der Waals surface area (Å²) in [6, 6.07) is -3.05. The van der Waals surface area contributed by atoms with Crippen LogP contribution in [0.15, 0.2) is 5.16 Å². The van der Waals surface area contributed by atoms with Crippen LogP contribution in [0, 0.1) is 0 Å². The predicted octanol–water partition coefficient (Wildman–Crippen LogP) is -6.18. The zero-order valence-corrected chi connectivity index (χ0v) is 17.0. The van der Waals surface area contributed by atoms with Crippen LogP contribution in [-0.4, -0.2) is 84.4 Å². The molecule has 140 valence electrons. The Bertz CT molecular complexity index is 676. The number of nitrogens with one attached hydrogen (secondary N) is 1. The minimum atomic E-state index is -5.20. The molecule has 0 spiro atoms. The van der Waals surface area contributed by atoms with Crippen molar-refractivity contribution in [1.29, 1.82) is 0 Å². The van der Waals surface area contributed by atoms with Crippen molar-refractivity contribution < 1.29 is 66.3 Å². The van der Waals surface area contributed by atoms with E-state index in [-0.39, 0.29) is 61.4 Å². The molecule has 0 radical (unpaired) electrons. The van der Waals surface area contributed by atoms with E-state index in [1.54, 1.807) is 0 Å². The van der Waals surface area contributed by atoms with Gasteiger partial charge in [0.2, 0.25) is 16.3 Å². The zero-order chi connectivity index (χ0) is 18.8. The van der Waals surface area contributed by atoms with Crippen LogP contribution >= 0.6 is 0 Å². The molecule has 0 aromatic carbocycles. The first kappa shape index (κ1) is 23.1. The van der Waals surface area contributed by atoms with Gasteiger partial charge in [-0.05, 0) is 6.82 Å². The third kappa shape index (κ3) is 5.78. The van der Waals surface area contributed by atoms with E-state index in [1.807, 2.05) is 0 Å². The standard InChI is InChI=1S/C10H18BN5O8S.Na/c1-11(19)13-2-3-23-14-6-4-7(9(12)17)15-5-8(6)16(10(15)18)24-25(20,21)22;/h7-8,13,19H,2-5H2,1H3,(H2,12,17)(H,20,21,22);/q;+1/p-1/b14-6-;/t7-,8-;/m0./s1. The number of carbonyl (C=O) groups excluding carboxylic acids is 2. The van der Waals surface area contributed by atoms with Crippen molar-refractivity contribution in [3.8, 4) is 0 Å². The van der Waals surface area contributed by atoms with E-state index in [4.69, 9.17) is 15.6 Å². The smallest absolute Gasteiger partial charge is 0.724 e. The first-order chi connectivity index (χ1) is 11.6. The van der Waals surface area contributed by atoms with Gasteiger partial charge in [0.1, 0.15) is 18.7 Å². The van der Waals surface area contributed by atoms with Gasteiger partial charge in [-0.15, -0.1) is 0 Å². The second-order valence-electron chi connectivity index (χ2n) is 5.43. The van der Waals surface area contributed by atoms with Crippen molar-refractivity contribution in [2.24, 2.45) is 10.9 Å². The van der Waals surface area contributed by atoms with E-state index in [9.17, 15) is 22.6 Å². The molecule has 0 saturated carbocycles. The van der Waals surface area contributed by atoms with Gasteiger partial charge >= 0.3 is 42.6 Å². The first-order valence-corrected chi connectivity index (χ1v) is 8.58. The maximum absolute atomic E-state index is 12.2. The van der Waals surface area contributed by atoms with Crippen LogP contribution in [0.3, 0.4) is 0 Å². The van der Waals surface area contributed by atoms with E-state index < -0.39 is 41.5 Å². The number of primary amides is 1. The average molecular weight is 401 g/mol. The molecule has 2 aliphatic heterocycles. The van der Waals surface area contributed by atoms with Crippen molar-refractivity contribution >= 4 is 35.1 Å². The van der Waals surface area contributed by atoms with Gasteiger partial charge in [0.15, 0.2) is 0 Å². The summed E-state index contributed by atoms with van der Waals surface area (Å²) in [7, 11) is -5.94. The second-order valence-corrected chi connectivity index (χ2v) is 6.39. The Morgan fingerprint density at radius 2 is 2.23 bits per heavy atom. The molecule has 2 heterocycles. The summed E-state index contributed by atoms with van der Waals surface area (Å²) in [4.78, 5) is 29.7. The zero-order valence-electron chi connectivity index (χ0n) is 14.2. The molecule has 0 unspecified atom stereocenters. The molecule has 2 bridgehead atoms. The Kier molecular flexibility index (Phi) is 8.28. The van der Waals surface area contributed by atoms with Gasteiger partial charge < -0.3 is 30.3 Å². The molecule has 2 rings (SSSR count). The molecule has 16 heteroatoms. The molecule has 13 nitrogen and oxygen atoms in total. The maximum atomic E-state index is 12.2. The Morgan fingerprint density at radius 3 is 2.77 bits per heavy atom. The number of hydrogen-bond acceptors (Lipinski definition) is 10. The molecule has 2 fully saturated rings. The molecule has 2 aliphatic rings. The van der Waals surface area contributed by atoms with E-state index in [0.717, 1.165) is 4.90 Å². The molecule has 3 amide bonds. The van der Waals surface area contributed by atoms with Gasteiger partial charge in [-0.1, -0.05) is 5.16 Å². The molecule has 0 aromatic rings. The van der Waals surface area contributed by atoms with E-state index >= 15 is 0 Å². The Balaban J connectivity index is 0.00000338. The predicted molar refractivity (Wildman–Crippen MR) is 81.3 cm³/mol. The number of oxime groups is 1. The quantitative estimate of drug-likeness (QED) is 0.117. The SMILES string of the molecule is CB(O)NCCO/N=C1/C[C@@H](C(N)=O)N2C[C@@H]1N(OS(=O)(=O)[O-])C2=O.[Na+]. The number of hydroxylamine groups is 2. The van der Waals surface area contributed by atoms with Crippen molar-refractivity contribution in [2.75, 3.05) is 19.7 Å². The molecule has 0 aliphatic carbocycles. The van der Waals surface area contributed by atoms with Gasteiger partial charge in [0, 0.05) is 13.0 Å². The monoisotopic (exact) mass is 401 g/mol. The summed E-state index contributed by atoms with van der Waals surface area (Å²) in [6.07, 6.45) is -0.0890. The summed E-state index contributed by atoms with van der Waals surface area (Å²) < 4.78 is 36.6.